The summed E-state index contributed by atoms with van der Waals surface area (Å²) in [7, 11) is 3.40. The molecule has 0 aromatic heterocycles. The SMILES string of the molecule is COc1cc2c(cc1OC)C(C)(CCCN1CC=C(c3ccccc3)CC1)OCC2(C)C.[Cl-]. The number of nitrogens with zero attached hydrogens (tertiary/aromatic N) is 1. The van der Waals surface area contributed by atoms with E-state index in [4.69, 9.17) is 14.2 Å². The third-order valence-corrected chi connectivity index (χ3v) is 7.14. The molecule has 33 heavy (non-hydrogen) atoms. The number of benzene rings is 2. The number of ether oxygens (including phenoxy) is 3. The lowest BCUT2D eigenvalue weighted by atomic mass is 9.73. The maximum Gasteiger partial charge on any atom is 0.161 e. The highest BCUT2D eigenvalue weighted by Crippen LogP contribution is 2.47. The van der Waals surface area contributed by atoms with Crippen molar-refractivity contribution in [3.63, 3.8) is 0 Å². The molecule has 2 aliphatic rings. The summed E-state index contributed by atoms with van der Waals surface area (Å²) in [6.07, 6.45) is 5.59. The molecule has 2 heterocycles. The fraction of sp³-hybridized carbons (Fsp3) is 0.500. The van der Waals surface area contributed by atoms with E-state index in [0.29, 0.717) is 6.61 Å². The molecular weight excluding hydrogens is 434 g/mol. The van der Waals surface area contributed by atoms with Gasteiger partial charge in [-0.3, -0.25) is 4.90 Å². The number of methoxy groups -OCH3 is 2. The van der Waals surface area contributed by atoms with Crippen molar-refractivity contribution >= 4 is 5.57 Å². The van der Waals surface area contributed by atoms with Crippen LogP contribution in [0, 0.1) is 0 Å². The largest absolute Gasteiger partial charge is 1.00 e. The van der Waals surface area contributed by atoms with Gasteiger partial charge in [-0.25, -0.2) is 0 Å². The van der Waals surface area contributed by atoms with Crippen molar-refractivity contribution < 1.29 is 26.6 Å². The molecule has 1 unspecified atom stereocenters. The van der Waals surface area contributed by atoms with E-state index in [1.54, 1.807) is 14.2 Å². The molecular formula is C28H37ClNO3-. The number of halogens is 1. The quantitative estimate of drug-likeness (QED) is 0.622. The Kier molecular flexibility index (Phi) is 8.15. The van der Waals surface area contributed by atoms with Crippen LogP contribution < -0.4 is 21.9 Å². The molecule has 0 saturated carbocycles. The Labute approximate surface area is 205 Å². The van der Waals surface area contributed by atoms with Crippen molar-refractivity contribution in [3.8, 4) is 11.5 Å². The maximum absolute atomic E-state index is 6.52. The molecule has 0 amide bonds. The Bertz CT molecular complexity index is 973. The predicted molar refractivity (Wildman–Crippen MR) is 131 cm³/mol. The maximum atomic E-state index is 6.52. The third kappa shape index (κ3) is 5.40. The molecule has 2 aromatic carbocycles. The van der Waals surface area contributed by atoms with Gasteiger partial charge >= 0.3 is 0 Å². The average molecular weight is 471 g/mol. The molecule has 0 N–H and O–H groups in total. The third-order valence-electron chi connectivity index (χ3n) is 7.14. The standard InChI is InChI=1S/C28H37NO3.ClH/c1-27(2)20-32-28(3,24-19-26(31-5)25(30-4)18-23(24)27)14-9-15-29-16-12-22(13-17-29)21-10-7-6-8-11-21;/h6-8,10-12,18-19H,9,13-17,20H2,1-5H3;1H/p-1. The van der Waals surface area contributed by atoms with Crippen LogP contribution in [0.5, 0.6) is 11.5 Å². The summed E-state index contributed by atoms with van der Waals surface area (Å²) in [6, 6.07) is 15.0. The Morgan fingerprint density at radius 3 is 2.24 bits per heavy atom. The highest BCUT2D eigenvalue weighted by atomic mass is 35.5. The van der Waals surface area contributed by atoms with Crippen LogP contribution in [-0.4, -0.2) is 45.4 Å². The zero-order valence-corrected chi connectivity index (χ0v) is 21.4. The highest BCUT2D eigenvalue weighted by Gasteiger charge is 2.41. The summed E-state index contributed by atoms with van der Waals surface area (Å²) in [5, 5.41) is 0. The molecule has 2 aromatic rings. The van der Waals surface area contributed by atoms with Crippen LogP contribution in [0.2, 0.25) is 0 Å². The molecule has 180 valence electrons. The van der Waals surface area contributed by atoms with Gasteiger partial charge in [0.25, 0.3) is 0 Å². The lowest BCUT2D eigenvalue weighted by Crippen LogP contribution is -3.00. The Morgan fingerprint density at radius 2 is 1.64 bits per heavy atom. The lowest BCUT2D eigenvalue weighted by Gasteiger charge is -2.44. The second kappa shape index (κ2) is 10.5. The van der Waals surface area contributed by atoms with Gasteiger partial charge in [0.1, 0.15) is 0 Å². The molecule has 0 aliphatic carbocycles. The Balaban J connectivity index is 0.00000306. The van der Waals surface area contributed by atoms with Crippen molar-refractivity contribution in [1.29, 1.82) is 0 Å². The first-order chi connectivity index (χ1) is 15.4. The van der Waals surface area contributed by atoms with Crippen LogP contribution in [0.3, 0.4) is 0 Å². The molecule has 1 atom stereocenters. The van der Waals surface area contributed by atoms with Gasteiger partial charge in [-0.1, -0.05) is 50.3 Å². The van der Waals surface area contributed by atoms with Crippen molar-refractivity contribution in [1.82, 2.24) is 4.90 Å². The molecule has 2 aliphatic heterocycles. The first kappa shape index (κ1) is 25.6. The topological polar surface area (TPSA) is 30.9 Å². The van der Waals surface area contributed by atoms with Gasteiger partial charge in [0.2, 0.25) is 0 Å². The zero-order chi connectivity index (χ0) is 22.8. The average Bonchev–Trinajstić information content (AvgIpc) is 2.82. The zero-order valence-electron chi connectivity index (χ0n) is 20.6. The highest BCUT2D eigenvalue weighted by molar-refractivity contribution is 5.66. The summed E-state index contributed by atoms with van der Waals surface area (Å²) in [6.45, 7) is 10.6. The monoisotopic (exact) mass is 470 g/mol. The fourth-order valence-corrected chi connectivity index (χ4v) is 5.05. The number of fused-ring (bicyclic) bond motifs is 1. The van der Waals surface area contributed by atoms with Gasteiger partial charge in [-0.05, 0) is 67.1 Å². The second-order valence-electron chi connectivity index (χ2n) is 9.91. The molecule has 0 fully saturated rings. The van der Waals surface area contributed by atoms with Crippen molar-refractivity contribution in [2.75, 3.05) is 40.5 Å². The van der Waals surface area contributed by atoms with Gasteiger partial charge in [0.15, 0.2) is 11.5 Å². The van der Waals surface area contributed by atoms with Crippen molar-refractivity contribution in [2.24, 2.45) is 0 Å². The van der Waals surface area contributed by atoms with Crippen LogP contribution in [-0.2, 0) is 15.8 Å². The van der Waals surface area contributed by atoms with E-state index >= 15 is 0 Å². The summed E-state index contributed by atoms with van der Waals surface area (Å²) >= 11 is 0. The van der Waals surface area contributed by atoms with Gasteiger partial charge in [0, 0.05) is 18.5 Å². The summed E-state index contributed by atoms with van der Waals surface area (Å²) in [5.41, 5.74) is 5.00. The molecule has 0 saturated heterocycles. The van der Waals surface area contributed by atoms with Crippen molar-refractivity contribution in [3.05, 3.63) is 65.2 Å². The molecule has 4 nitrogen and oxygen atoms in total. The lowest BCUT2D eigenvalue weighted by molar-refractivity contribution is -0.0789. The van der Waals surface area contributed by atoms with Crippen LogP contribution in [0.1, 0.15) is 56.7 Å². The van der Waals surface area contributed by atoms with Crippen LogP contribution in [0.15, 0.2) is 48.5 Å². The normalized spacial score (nSPS) is 22.0. The van der Waals surface area contributed by atoms with E-state index in [1.165, 1.54) is 22.3 Å². The fourth-order valence-electron chi connectivity index (χ4n) is 5.05. The predicted octanol–water partition coefficient (Wildman–Crippen LogP) is 2.80. The molecule has 4 rings (SSSR count). The van der Waals surface area contributed by atoms with Gasteiger partial charge in [-0.2, -0.15) is 0 Å². The Hall–Kier alpha value is -2.01. The van der Waals surface area contributed by atoms with Crippen LogP contribution in [0.4, 0.5) is 0 Å². The first-order valence-corrected chi connectivity index (χ1v) is 11.7. The van der Waals surface area contributed by atoms with E-state index in [0.717, 1.165) is 50.4 Å². The number of hydrogen-bond donors (Lipinski definition) is 0. The van der Waals surface area contributed by atoms with Crippen LogP contribution in [0.25, 0.3) is 5.57 Å². The first-order valence-electron chi connectivity index (χ1n) is 11.7. The second-order valence-corrected chi connectivity index (χ2v) is 9.91. The smallest absolute Gasteiger partial charge is 0.161 e. The molecule has 0 radical (unpaired) electrons. The van der Waals surface area contributed by atoms with E-state index in [1.807, 2.05) is 0 Å². The van der Waals surface area contributed by atoms with Gasteiger partial charge in [0.05, 0.1) is 26.4 Å². The Morgan fingerprint density at radius 1 is 0.970 bits per heavy atom. The van der Waals surface area contributed by atoms with E-state index in [2.05, 4.69) is 74.2 Å². The summed E-state index contributed by atoms with van der Waals surface area (Å²) in [4.78, 5) is 2.55. The summed E-state index contributed by atoms with van der Waals surface area (Å²) < 4.78 is 17.7. The van der Waals surface area contributed by atoms with E-state index in [-0.39, 0.29) is 23.4 Å². The number of rotatable bonds is 7. The molecule has 0 bridgehead atoms. The van der Waals surface area contributed by atoms with Gasteiger partial charge in [-0.15, -0.1) is 0 Å². The minimum Gasteiger partial charge on any atom is -1.00 e. The summed E-state index contributed by atoms with van der Waals surface area (Å²) in [5.74, 6) is 1.56. The number of hydrogen-bond acceptors (Lipinski definition) is 4. The van der Waals surface area contributed by atoms with Crippen LogP contribution >= 0.6 is 0 Å². The van der Waals surface area contributed by atoms with Crippen molar-refractivity contribution in [2.45, 2.75) is 51.0 Å². The van der Waals surface area contributed by atoms with E-state index in [9.17, 15) is 0 Å². The molecule has 5 heteroatoms. The van der Waals surface area contributed by atoms with E-state index < -0.39 is 0 Å². The van der Waals surface area contributed by atoms with Gasteiger partial charge < -0.3 is 26.6 Å². The minimum atomic E-state index is -0.314. The minimum absolute atomic E-state index is 0. The molecule has 0 spiro atoms.